The Morgan fingerprint density at radius 2 is 1.89 bits per heavy atom. The minimum atomic E-state index is -3.75. The van der Waals surface area contributed by atoms with Gasteiger partial charge in [0, 0.05) is 42.6 Å². The summed E-state index contributed by atoms with van der Waals surface area (Å²) in [5, 5.41) is 7.12. The molecule has 2 aromatic carbocycles. The lowest BCUT2D eigenvalue weighted by atomic mass is 10.1. The Morgan fingerprint density at radius 1 is 1.04 bits per heavy atom. The smallest absolute Gasteiger partial charge is 0.268 e. The Bertz CT molecular complexity index is 1240. The standard InChI is InChI=1S/C21H22N4O2S/c1-22-13-15-10-21(17-6-7-20-16(11-17)8-9-24-20)25(14-15)28(26,27)19-5-3-4-18(12-19)23-2/h3-12,14,22-24H,13H2,1-2H3. The molecular weight excluding hydrogens is 372 g/mol. The van der Waals surface area contributed by atoms with Gasteiger partial charge in [-0.3, -0.25) is 0 Å². The van der Waals surface area contributed by atoms with Crippen molar-refractivity contribution in [3.8, 4) is 11.3 Å². The largest absolute Gasteiger partial charge is 0.388 e. The zero-order chi connectivity index (χ0) is 19.7. The molecule has 2 heterocycles. The molecule has 0 saturated carbocycles. The first-order valence-corrected chi connectivity index (χ1v) is 10.4. The number of hydrogen-bond donors (Lipinski definition) is 3. The first-order valence-electron chi connectivity index (χ1n) is 9.00. The molecular formula is C21H22N4O2S. The van der Waals surface area contributed by atoms with Crippen molar-refractivity contribution in [2.24, 2.45) is 0 Å². The molecule has 0 unspecified atom stereocenters. The summed E-state index contributed by atoms with van der Waals surface area (Å²) in [6.45, 7) is 0.582. The second-order valence-corrected chi connectivity index (χ2v) is 8.44. The molecule has 0 bridgehead atoms. The molecule has 3 N–H and O–H groups in total. The first kappa shape index (κ1) is 18.3. The van der Waals surface area contributed by atoms with Crippen LogP contribution in [-0.2, 0) is 16.6 Å². The van der Waals surface area contributed by atoms with Crippen LogP contribution in [0, 0.1) is 0 Å². The molecule has 0 aliphatic carbocycles. The van der Waals surface area contributed by atoms with Crippen LogP contribution in [0.3, 0.4) is 0 Å². The Hall–Kier alpha value is -3.03. The summed E-state index contributed by atoms with van der Waals surface area (Å²) in [5.41, 5.74) is 4.16. The number of benzene rings is 2. The summed E-state index contributed by atoms with van der Waals surface area (Å²) in [4.78, 5) is 3.41. The molecule has 7 heteroatoms. The van der Waals surface area contributed by atoms with Crippen LogP contribution in [0.1, 0.15) is 5.56 Å². The van der Waals surface area contributed by atoms with Crippen molar-refractivity contribution in [3.05, 3.63) is 72.6 Å². The van der Waals surface area contributed by atoms with Crippen LogP contribution in [0.25, 0.3) is 22.2 Å². The van der Waals surface area contributed by atoms with E-state index >= 15 is 0 Å². The van der Waals surface area contributed by atoms with E-state index in [1.165, 1.54) is 3.97 Å². The number of H-pyrrole nitrogens is 1. The molecule has 28 heavy (non-hydrogen) atoms. The van der Waals surface area contributed by atoms with Gasteiger partial charge in [0.2, 0.25) is 0 Å². The maximum Gasteiger partial charge on any atom is 0.268 e. The van der Waals surface area contributed by atoms with Gasteiger partial charge in [-0.1, -0.05) is 12.1 Å². The van der Waals surface area contributed by atoms with Crippen LogP contribution in [0.5, 0.6) is 0 Å². The summed E-state index contributed by atoms with van der Waals surface area (Å²) in [6, 6.07) is 16.6. The van der Waals surface area contributed by atoms with Gasteiger partial charge >= 0.3 is 0 Å². The molecule has 0 aliphatic rings. The number of fused-ring (bicyclic) bond motifs is 1. The van der Waals surface area contributed by atoms with Crippen molar-refractivity contribution in [1.82, 2.24) is 14.3 Å². The Balaban J connectivity index is 1.90. The van der Waals surface area contributed by atoms with Gasteiger partial charge in [0.1, 0.15) is 0 Å². The molecule has 0 aliphatic heterocycles. The fourth-order valence-electron chi connectivity index (χ4n) is 3.35. The summed E-state index contributed by atoms with van der Waals surface area (Å²) in [7, 11) is -0.138. The minimum Gasteiger partial charge on any atom is -0.388 e. The number of aromatic nitrogens is 2. The van der Waals surface area contributed by atoms with Crippen LogP contribution >= 0.6 is 0 Å². The van der Waals surface area contributed by atoms with Crippen molar-refractivity contribution in [1.29, 1.82) is 0 Å². The van der Waals surface area contributed by atoms with Crippen molar-refractivity contribution in [2.75, 3.05) is 19.4 Å². The van der Waals surface area contributed by atoms with Crippen molar-refractivity contribution < 1.29 is 8.42 Å². The zero-order valence-electron chi connectivity index (χ0n) is 15.7. The number of nitrogens with one attached hydrogen (secondary N) is 3. The summed E-state index contributed by atoms with van der Waals surface area (Å²) in [5.74, 6) is 0. The third-order valence-electron chi connectivity index (χ3n) is 4.75. The summed E-state index contributed by atoms with van der Waals surface area (Å²) in [6.07, 6.45) is 3.56. The highest BCUT2D eigenvalue weighted by Crippen LogP contribution is 2.30. The van der Waals surface area contributed by atoms with Gasteiger partial charge in [-0.25, -0.2) is 12.4 Å². The van der Waals surface area contributed by atoms with E-state index in [-0.39, 0.29) is 4.90 Å². The predicted octanol–water partition coefficient (Wildman–Crippen LogP) is 3.63. The van der Waals surface area contributed by atoms with E-state index in [4.69, 9.17) is 0 Å². The third kappa shape index (κ3) is 3.19. The lowest BCUT2D eigenvalue weighted by Gasteiger charge is -2.12. The van der Waals surface area contributed by atoms with Gasteiger partial charge < -0.3 is 15.6 Å². The molecule has 4 aromatic rings. The lowest BCUT2D eigenvalue weighted by molar-refractivity contribution is 0.588. The highest BCUT2D eigenvalue weighted by Gasteiger charge is 2.22. The SMILES string of the molecule is CNCc1cc(-c2ccc3[nH]ccc3c2)n(S(=O)(=O)c2cccc(NC)c2)c1. The van der Waals surface area contributed by atoms with Crippen LogP contribution in [0.4, 0.5) is 5.69 Å². The van der Waals surface area contributed by atoms with Crippen LogP contribution in [0.15, 0.2) is 71.9 Å². The predicted molar refractivity (Wildman–Crippen MR) is 113 cm³/mol. The van der Waals surface area contributed by atoms with Crippen molar-refractivity contribution in [3.63, 3.8) is 0 Å². The van der Waals surface area contributed by atoms with E-state index < -0.39 is 10.0 Å². The van der Waals surface area contributed by atoms with Crippen LogP contribution in [-0.4, -0.2) is 31.5 Å². The van der Waals surface area contributed by atoms with Crippen LogP contribution in [0.2, 0.25) is 0 Å². The quantitative estimate of drug-likeness (QED) is 0.467. The second-order valence-electron chi connectivity index (χ2n) is 6.62. The van der Waals surface area contributed by atoms with E-state index in [0.29, 0.717) is 12.2 Å². The topological polar surface area (TPSA) is 78.9 Å². The second kappa shape index (κ2) is 7.18. The van der Waals surface area contributed by atoms with E-state index in [2.05, 4.69) is 15.6 Å². The van der Waals surface area contributed by atoms with Crippen LogP contribution < -0.4 is 10.6 Å². The first-order chi connectivity index (χ1) is 13.5. The molecule has 0 amide bonds. The number of aromatic amines is 1. The lowest BCUT2D eigenvalue weighted by Crippen LogP contribution is -2.13. The molecule has 144 valence electrons. The fraction of sp³-hybridized carbons (Fsp3) is 0.143. The Labute approximate surface area is 164 Å². The van der Waals surface area contributed by atoms with Gasteiger partial charge in [0.05, 0.1) is 10.6 Å². The maximum atomic E-state index is 13.4. The highest BCUT2D eigenvalue weighted by molar-refractivity contribution is 7.90. The van der Waals surface area contributed by atoms with Gasteiger partial charge in [-0.15, -0.1) is 0 Å². The van der Waals surface area contributed by atoms with E-state index in [1.807, 2.05) is 49.6 Å². The van der Waals surface area contributed by atoms with Gasteiger partial charge in [0.25, 0.3) is 10.0 Å². The Kier molecular flexibility index (Phi) is 4.70. The van der Waals surface area contributed by atoms with Gasteiger partial charge in [-0.05, 0) is 60.6 Å². The highest BCUT2D eigenvalue weighted by atomic mass is 32.2. The van der Waals surface area contributed by atoms with E-state index in [0.717, 1.165) is 27.7 Å². The average molecular weight is 395 g/mol. The third-order valence-corrected chi connectivity index (χ3v) is 6.42. The monoisotopic (exact) mass is 394 g/mol. The fourth-order valence-corrected chi connectivity index (χ4v) is 4.79. The summed E-state index contributed by atoms with van der Waals surface area (Å²) < 4.78 is 28.2. The minimum absolute atomic E-state index is 0.245. The average Bonchev–Trinajstić information content (AvgIpc) is 3.35. The molecule has 0 saturated heterocycles. The normalized spacial score (nSPS) is 11.8. The number of rotatable bonds is 6. The molecule has 0 atom stereocenters. The Morgan fingerprint density at radius 3 is 2.68 bits per heavy atom. The molecule has 0 fully saturated rings. The molecule has 4 rings (SSSR count). The number of anilines is 1. The number of hydrogen-bond acceptors (Lipinski definition) is 4. The van der Waals surface area contributed by atoms with Gasteiger partial charge in [-0.2, -0.15) is 0 Å². The molecule has 0 spiro atoms. The number of nitrogens with zero attached hydrogens (tertiary/aromatic N) is 1. The molecule has 2 aromatic heterocycles. The molecule has 0 radical (unpaired) electrons. The van der Waals surface area contributed by atoms with Crippen molar-refractivity contribution >= 4 is 26.6 Å². The van der Waals surface area contributed by atoms with Gasteiger partial charge in [0.15, 0.2) is 0 Å². The van der Waals surface area contributed by atoms with Crippen molar-refractivity contribution in [2.45, 2.75) is 11.4 Å². The summed E-state index contributed by atoms with van der Waals surface area (Å²) >= 11 is 0. The van der Waals surface area contributed by atoms with E-state index in [9.17, 15) is 8.42 Å². The molecule has 6 nitrogen and oxygen atoms in total. The van der Waals surface area contributed by atoms with E-state index in [1.54, 1.807) is 31.4 Å². The maximum absolute atomic E-state index is 13.4. The zero-order valence-corrected chi connectivity index (χ0v) is 16.5.